The lowest BCUT2D eigenvalue weighted by Crippen LogP contribution is -2.56. The van der Waals surface area contributed by atoms with Crippen LogP contribution in [0.25, 0.3) is 0 Å². The van der Waals surface area contributed by atoms with Crippen LogP contribution < -0.4 is 5.32 Å². The van der Waals surface area contributed by atoms with E-state index in [1.807, 2.05) is 44.2 Å². The normalized spacial score (nSPS) is 26.2. The fourth-order valence-corrected chi connectivity index (χ4v) is 3.51. The van der Waals surface area contributed by atoms with Crippen molar-refractivity contribution in [3.8, 4) is 0 Å². The molecule has 2 rings (SSSR count). The molecule has 1 fully saturated rings. The van der Waals surface area contributed by atoms with E-state index in [0.717, 1.165) is 24.8 Å². The number of carbonyl (C=O) groups excluding carboxylic acids is 1. The molecule has 0 spiro atoms. The minimum atomic E-state index is -0.810. The Kier molecular flexibility index (Phi) is 5.22. The molecule has 1 aromatic rings. The van der Waals surface area contributed by atoms with E-state index < -0.39 is 17.4 Å². The number of nitrogens with one attached hydrogen (secondary N) is 1. The maximum absolute atomic E-state index is 12.7. The third-order valence-corrected chi connectivity index (χ3v) is 4.84. The Hall–Kier alpha value is -1.84. The lowest BCUT2D eigenvalue weighted by molar-refractivity contribution is -0.146. The van der Waals surface area contributed by atoms with Crippen LogP contribution in [-0.4, -0.2) is 22.5 Å². The zero-order valence-electron chi connectivity index (χ0n) is 13.3. The number of carboxylic acids is 1. The fourth-order valence-electron chi connectivity index (χ4n) is 3.51. The van der Waals surface area contributed by atoms with Gasteiger partial charge in [-0.1, -0.05) is 50.1 Å². The van der Waals surface area contributed by atoms with Gasteiger partial charge in [-0.3, -0.25) is 9.59 Å². The van der Waals surface area contributed by atoms with Gasteiger partial charge in [0.1, 0.15) is 0 Å². The average molecular weight is 303 g/mol. The third kappa shape index (κ3) is 3.49. The molecule has 3 unspecified atom stereocenters. The van der Waals surface area contributed by atoms with E-state index in [1.54, 1.807) is 0 Å². The number of aliphatic carboxylic acids is 1. The van der Waals surface area contributed by atoms with Gasteiger partial charge < -0.3 is 10.4 Å². The molecule has 3 atom stereocenters. The Labute approximate surface area is 131 Å². The molecule has 120 valence electrons. The van der Waals surface area contributed by atoms with Crippen LogP contribution >= 0.6 is 0 Å². The van der Waals surface area contributed by atoms with Gasteiger partial charge in [-0.05, 0) is 31.7 Å². The van der Waals surface area contributed by atoms with Crippen molar-refractivity contribution in [2.75, 3.05) is 0 Å². The number of carboxylic acid groups (broad SMARTS) is 1. The molecule has 1 aliphatic carbocycles. The zero-order chi connectivity index (χ0) is 16.2. The maximum Gasteiger partial charge on any atom is 0.308 e. The first kappa shape index (κ1) is 16.5. The van der Waals surface area contributed by atoms with E-state index >= 15 is 0 Å². The lowest BCUT2D eigenvalue weighted by atomic mass is 9.73. The summed E-state index contributed by atoms with van der Waals surface area (Å²) in [5.74, 6) is -1.60. The van der Waals surface area contributed by atoms with Crippen LogP contribution in [0.2, 0.25) is 0 Å². The molecule has 1 saturated carbocycles. The number of hydrogen-bond donors (Lipinski definition) is 2. The van der Waals surface area contributed by atoms with Gasteiger partial charge in [-0.15, -0.1) is 0 Å². The molecule has 1 aliphatic rings. The molecular formula is C18H25NO3. The second kappa shape index (κ2) is 6.95. The summed E-state index contributed by atoms with van der Waals surface area (Å²) in [7, 11) is 0. The number of amides is 1. The minimum Gasteiger partial charge on any atom is -0.481 e. The van der Waals surface area contributed by atoms with Crippen molar-refractivity contribution < 1.29 is 14.7 Å². The standard InChI is InChI=1S/C18H25NO3/c1-3-14(13-9-5-4-6-10-13)16(20)19-18(2)12-8-7-11-15(18)17(21)22/h4-6,9-10,14-15H,3,7-8,11-12H2,1-2H3,(H,19,20)(H,21,22). The molecule has 0 aliphatic heterocycles. The van der Waals surface area contributed by atoms with Crippen molar-refractivity contribution in [1.82, 2.24) is 5.32 Å². The molecule has 0 heterocycles. The SMILES string of the molecule is CCC(C(=O)NC1(C)CCCCC1C(=O)O)c1ccccc1. The smallest absolute Gasteiger partial charge is 0.308 e. The molecule has 0 radical (unpaired) electrons. The highest BCUT2D eigenvalue weighted by Crippen LogP contribution is 2.34. The van der Waals surface area contributed by atoms with Crippen LogP contribution in [0.4, 0.5) is 0 Å². The lowest BCUT2D eigenvalue weighted by Gasteiger charge is -2.40. The molecule has 4 nitrogen and oxygen atoms in total. The molecule has 0 aromatic heterocycles. The van der Waals surface area contributed by atoms with Gasteiger partial charge in [0.15, 0.2) is 0 Å². The average Bonchev–Trinajstić information content (AvgIpc) is 2.48. The van der Waals surface area contributed by atoms with Crippen LogP contribution in [0.5, 0.6) is 0 Å². The van der Waals surface area contributed by atoms with Crippen LogP contribution in [0.15, 0.2) is 30.3 Å². The first-order valence-corrected chi connectivity index (χ1v) is 8.07. The van der Waals surface area contributed by atoms with Gasteiger partial charge in [0.05, 0.1) is 17.4 Å². The monoisotopic (exact) mass is 303 g/mol. The van der Waals surface area contributed by atoms with Crippen molar-refractivity contribution in [1.29, 1.82) is 0 Å². The van der Waals surface area contributed by atoms with Gasteiger partial charge in [-0.2, -0.15) is 0 Å². The number of rotatable bonds is 5. The highest BCUT2D eigenvalue weighted by molar-refractivity contribution is 5.85. The molecule has 22 heavy (non-hydrogen) atoms. The fraction of sp³-hybridized carbons (Fsp3) is 0.556. The Morgan fingerprint density at radius 1 is 1.32 bits per heavy atom. The summed E-state index contributed by atoms with van der Waals surface area (Å²) < 4.78 is 0. The second-order valence-electron chi connectivity index (χ2n) is 6.41. The number of carbonyl (C=O) groups is 2. The maximum atomic E-state index is 12.7. The highest BCUT2D eigenvalue weighted by atomic mass is 16.4. The summed E-state index contributed by atoms with van der Waals surface area (Å²) >= 11 is 0. The summed E-state index contributed by atoms with van der Waals surface area (Å²) in [6.45, 7) is 3.86. The summed E-state index contributed by atoms with van der Waals surface area (Å²) in [6, 6.07) is 9.68. The Morgan fingerprint density at radius 3 is 2.59 bits per heavy atom. The van der Waals surface area contributed by atoms with E-state index in [0.29, 0.717) is 12.8 Å². The molecule has 0 saturated heterocycles. The van der Waals surface area contributed by atoms with E-state index in [9.17, 15) is 14.7 Å². The third-order valence-electron chi connectivity index (χ3n) is 4.84. The second-order valence-corrected chi connectivity index (χ2v) is 6.41. The van der Waals surface area contributed by atoms with Crippen molar-refractivity contribution in [3.63, 3.8) is 0 Å². The Bertz CT molecular complexity index is 528. The molecule has 1 amide bonds. The van der Waals surface area contributed by atoms with E-state index in [4.69, 9.17) is 0 Å². The number of hydrogen-bond acceptors (Lipinski definition) is 2. The summed E-state index contributed by atoms with van der Waals surface area (Å²) in [5, 5.41) is 12.5. The van der Waals surface area contributed by atoms with Gasteiger partial charge in [0.2, 0.25) is 5.91 Å². The Balaban J connectivity index is 2.16. The molecule has 1 aromatic carbocycles. The van der Waals surface area contributed by atoms with Gasteiger partial charge in [0.25, 0.3) is 0 Å². The quantitative estimate of drug-likeness (QED) is 0.877. The van der Waals surface area contributed by atoms with Crippen LogP contribution in [0.1, 0.15) is 57.4 Å². The largest absolute Gasteiger partial charge is 0.481 e. The van der Waals surface area contributed by atoms with Gasteiger partial charge in [0, 0.05) is 0 Å². The van der Waals surface area contributed by atoms with Crippen molar-refractivity contribution in [2.45, 2.75) is 57.4 Å². The predicted molar refractivity (Wildman–Crippen MR) is 85.6 cm³/mol. The van der Waals surface area contributed by atoms with E-state index in [1.165, 1.54) is 0 Å². The minimum absolute atomic E-state index is 0.0654. The van der Waals surface area contributed by atoms with E-state index in [-0.39, 0.29) is 11.8 Å². The Morgan fingerprint density at radius 2 is 2.00 bits per heavy atom. The summed E-state index contributed by atoms with van der Waals surface area (Å²) in [5.41, 5.74) is 0.331. The van der Waals surface area contributed by atoms with Crippen molar-refractivity contribution in [3.05, 3.63) is 35.9 Å². The topological polar surface area (TPSA) is 66.4 Å². The number of benzene rings is 1. The van der Waals surface area contributed by atoms with Gasteiger partial charge in [-0.25, -0.2) is 0 Å². The first-order valence-electron chi connectivity index (χ1n) is 8.07. The van der Waals surface area contributed by atoms with Gasteiger partial charge >= 0.3 is 5.97 Å². The first-order chi connectivity index (χ1) is 10.5. The van der Waals surface area contributed by atoms with Crippen LogP contribution in [-0.2, 0) is 9.59 Å². The van der Waals surface area contributed by atoms with Crippen LogP contribution in [0, 0.1) is 5.92 Å². The highest BCUT2D eigenvalue weighted by Gasteiger charge is 2.42. The molecule has 2 N–H and O–H groups in total. The molecule has 4 heteroatoms. The zero-order valence-corrected chi connectivity index (χ0v) is 13.3. The molecule has 0 bridgehead atoms. The van der Waals surface area contributed by atoms with Crippen molar-refractivity contribution >= 4 is 11.9 Å². The molecular weight excluding hydrogens is 278 g/mol. The predicted octanol–water partition coefficient (Wildman–Crippen LogP) is 3.33. The summed E-state index contributed by atoms with van der Waals surface area (Å²) in [6.07, 6.45) is 3.93. The van der Waals surface area contributed by atoms with Crippen molar-refractivity contribution in [2.24, 2.45) is 5.92 Å². The van der Waals surface area contributed by atoms with E-state index in [2.05, 4.69) is 5.32 Å². The van der Waals surface area contributed by atoms with Crippen LogP contribution in [0.3, 0.4) is 0 Å². The summed E-state index contributed by atoms with van der Waals surface area (Å²) in [4.78, 5) is 24.2.